The molecule has 1 saturated heterocycles. The molecule has 0 radical (unpaired) electrons. The molecule has 7 aromatic carbocycles. The maximum Gasteiger partial charge on any atom is 0.256 e. The van der Waals surface area contributed by atoms with E-state index in [-0.39, 0.29) is 36.7 Å². The number of aliphatic hydroxyl groups is 1. The number of sulfonamides is 1. The zero-order valence-corrected chi connectivity index (χ0v) is 39.0. The summed E-state index contributed by atoms with van der Waals surface area (Å²) in [5.41, 5.74) is 9.79. The highest BCUT2D eigenvalue weighted by atomic mass is 32.2. The molecule has 1 aromatic heterocycles. The van der Waals surface area contributed by atoms with Gasteiger partial charge >= 0.3 is 0 Å². The van der Waals surface area contributed by atoms with Crippen molar-refractivity contribution < 1.29 is 32.2 Å². The summed E-state index contributed by atoms with van der Waals surface area (Å²) >= 11 is 1.51. The summed E-state index contributed by atoms with van der Waals surface area (Å²) in [5, 5.41) is 13.3. The van der Waals surface area contributed by atoms with E-state index in [9.17, 15) is 18.3 Å². The van der Waals surface area contributed by atoms with Gasteiger partial charge in [0.1, 0.15) is 11.7 Å². The van der Waals surface area contributed by atoms with Crippen LogP contribution in [0.25, 0.3) is 33.7 Å². The first-order valence-electron chi connectivity index (χ1n) is 22.5. The molecule has 1 aliphatic heterocycles. The number of aryl methyl sites for hydroxylation is 1. The molecule has 1 aliphatic rings. The van der Waals surface area contributed by atoms with Crippen LogP contribution >= 0.6 is 11.8 Å². The fourth-order valence-electron chi connectivity index (χ4n) is 8.17. The molecule has 0 aliphatic carbocycles. The van der Waals surface area contributed by atoms with Gasteiger partial charge in [0.2, 0.25) is 15.9 Å². The molecule has 12 heteroatoms. The molecule has 1 fully saturated rings. The molecule has 0 saturated carbocycles. The van der Waals surface area contributed by atoms with E-state index in [0.717, 1.165) is 61.3 Å². The van der Waals surface area contributed by atoms with Crippen LogP contribution in [0.5, 0.6) is 0 Å². The Morgan fingerprint density at radius 2 is 1.32 bits per heavy atom. The molecule has 4 atom stereocenters. The smallest absolute Gasteiger partial charge is 0.256 e. The molecule has 9 rings (SSSR count). The number of thioether (sulfide) groups is 1. The number of nitrogens with one attached hydrogen (secondary N) is 2. The number of benzene rings is 7. The minimum absolute atomic E-state index is 0.0475. The Bertz CT molecular complexity index is 2980. The molecule has 4 unspecified atom stereocenters. The Morgan fingerprint density at radius 1 is 0.691 bits per heavy atom. The second-order valence-electron chi connectivity index (χ2n) is 16.8. The van der Waals surface area contributed by atoms with Crippen LogP contribution in [0, 0.1) is 6.92 Å². The first-order chi connectivity index (χ1) is 33.2. The van der Waals surface area contributed by atoms with Crippen LogP contribution in [0.1, 0.15) is 52.2 Å². The summed E-state index contributed by atoms with van der Waals surface area (Å²) in [7, 11) is -3.99. The lowest BCUT2D eigenvalue weighted by molar-refractivity contribution is -0.245. The van der Waals surface area contributed by atoms with E-state index in [2.05, 4.69) is 16.1 Å². The van der Waals surface area contributed by atoms with Crippen LogP contribution in [0.3, 0.4) is 0 Å². The van der Waals surface area contributed by atoms with Crippen molar-refractivity contribution in [1.29, 1.82) is 0 Å². The second-order valence-corrected chi connectivity index (χ2v) is 19.5. The third-order valence-electron chi connectivity index (χ3n) is 11.8. The van der Waals surface area contributed by atoms with E-state index < -0.39 is 28.3 Å². The van der Waals surface area contributed by atoms with Crippen LogP contribution in [-0.2, 0) is 43.9 Å². The van der Waals surface area contributed by atoms with Gasteiger partial charge in [-0.2, -0.15) is 4.72 Å². The van der Waals surface area contributed by atoms with Gasteiger partial charge in [0.05, 0.1) is 23.7 Å². The number of ether oxygens (including phenoxy) is 2. The van der Waals surface area contributed by atoms with E-state index in [1.54, 1.807) is 24.3 Å². The predicted molar refractivity (Wildman–Crippen MR) is 266 cm³/mol. The third-order valence-corrected chi connectivity index (χ3v) is 14.3. The Labute approximate surface area is 401 Å². The van der Waals surface area contributed by atoms with E-state index >= 15 is 0 Å². The number of amides is 1. The number of nitrogens with zero attached hydrogens (tertiary/aromatic N) is 1. The number of carbonyl (C=O) groups is 1. The first kappa shape index (κ1) is 46.5. The number of rotatable bonds is 17. The van der Waals surface area contributed by atoms with Crippen LogP contribution in [-0.4, -0.2) is 42.3 Å². The number of oxazole rings is 1. The highest BCUT2D eigenvalue weighted by Crippen LogP contribution is 2.42. The van der Waals surface area contributed by atoms with Gasteiger partial charge in [-0.15, -0.1) is 0 Å². The van der Waals surface area contributed by atoms with Crippen molar-refractivity contribution >= 4 is 27.7 Å². The van der Waals surface area contributed by atoms with Gasteiger partial charge in [-0.05, 0) is 71.0 Å². The zero-order chi connectivity index (χ0) is 46.9. The van der Waals surface area contributed by atoms with Crippen molar-refractivity contribution in [3.8, 4) is 33.7 Å². The van der Waals surface area contributed by atoms with Crippen molar-refractivity contribution in [3.63, 3.8) is 0 Å². The Balaban J connectivity index is 0.922. The highest BCUT2D eigenvalue weighted by Gasteiger charge is 2.33. The van der Waals surface area contributed by atoms with Crippen molar-refractivity contribution in [1.82, 2.24) is 15.0 Å². The minimum Gasteiger partial charge on any atom is -0.431 e. The first-order valence-corrected chi connectivity index (χ1v) is 25.0. The lowest BCUT2D eigenvalue weighted by Crippen LogP contribution is -2.47. The highest BCUT2D eigenvalue weighted by molar-refractivity contribution is 7.99. The fraction of sp³-hybridized carbons (Fsp3) is 0.179. The average molecular weight is 942 g/mol. The third kappa shape index (κ3) is 11.5. The Kier molecular flexibility index (Phi) is 14.7. The molecule has 0 spiro atoms. The van der Waals surface area contributed by atoms with Gasteiger partial charge in [0.15, 0.2) is 12.1 Å². The number of aliphatic hydroxyl groups excluding tert-OH is 1. The summed E-state index contributed by atoms with van der Waals surface area (Å²) in [6.07, 6.45) is -0.467. The molecule has 3 N–H and O–H groups in total. The number of carbonyl (C=O) groups excluding carboxylic acids is 1. The van der Waals surface area contributed by atoms with E-state index in [0.29, 0.717) is 23.2 Å². The van der Waals surface area contributed by atoms with E-state index in [1.807, 2.05) is 165 Å². The summed E-state index contributed by atoms with van der Waals surface area (Å²) in [6, 6.07) is 58.7. The molecule has 344 valence electrons. The molecule has 68 heavy (non-hydrogen) atoms. The Morgan fingerprint density at radius 3 is 2.03 bits per heavy atom. The maximum absolute atomic E-state index is 13.8. The largest absolute Gasteiger partial charge is 0.431 e. The number of hydrogen-bond donors (Lipinski definition) is 3. The van der Waals surface area contributed by atoms with Crippen molar-refractivity contribution in [2.45, 2.75) is 67.6 Å². The van der Waals surface area contributed by atoms with Gasteiger partial charge in [-0.1, -0.05) is 181 Å². The van der Waals surface area contributed by atoms with Gasteiger partial charge in [-0.25, -0.2) is 13.4 Å². The standard InChI is InChI=1S/C56H51N3O7S2/c1-38-23-29-49(30-24-38)68(62,63)59-50(32-39-13-5-2-6-14-39)54(61)57-35-41-15-11-20-45(31-41)46-21-12-22-47(33-46)55-64-48(34-51(65-55)42-27-25-40(36-60)26-28-42)37-67-56-58-52(43-16-7-3-8-17-43)53(66-56)44-18-9-4-10-19-44/h2-31,33,48,50-51,55,59-60H,32,34-37H2,1H3,(H,57,61). The summed E-state index contributed by atoms with van der Waals surface area (Å²) in [4.78, 5) is 18.9. The average Bonchev–Trinajstić information content (AvgIpc) is 3.82. The molecule has 0 bridgehead atoms. The summed E-state index contributed by atoms with van der Waals surface area (Å²) in [6.45, 7) is 2.02. The fourth-order valence-corrected chi connectivity index (χ4v) is 10.2. The van der Waals surface area contributed by atoms with Crippen LogP contribution in [0.4, 0.5) is 0 Å². The lowest BCUT2D eigenvalue weighted by atomic mass is 9.99. The van der Waals surface area contributed by atoms with Gasteiger partial charge in [-0.3, -0.25) is 4.79 Å². The van der Waals surface area contributed by atoms with Crippen molar-refractivity contribution in [3.05, 3.63) is 221 Å². The van der Waals surface area contributed by atoms with E-state index in [4.69, 9.17) is 18.9 Å². The minimum atomic E-state index is -3.99. The van der Waals surface area contributed by atoms with Crippen LogP contribution in [0.15, 0.2) is 203 Å². The predicted octanol–water partition coefficient (Wildman–Crippen LogP) is 11.0. The molecular weight excluding hydrogens is 891 g/mol. The normalized spacial score (nSPS) is 16.5. The van der Waals surface area contributed by atoms with Crippen molar-refractivity contribution in [2.75, 3.05) is 5.75 Å². The summed E-state index contributed by atoms with van der Waals surface area (Å²) < 4.78 is 49.6. The van der Waals surface area contributed by atoms with Gasteiger partial charge in [0, 0.05) is 35.4 Å². The number of aromatic nitrogens is 1. The monoisotopic (exact) mass is 941 g/mol. The second kappa shape index (κ2) is 21.5. The molecule has 10 nitrogen and oxygen atoms in total. The molecule has 2 heterocycles. The Hall–Kier alpha value is -6.64. The topological polar surface area (TPSA) is 140 Å². The quantitative estimate of drug-likeness (QED) is 0.0761. The molecule has 1 amide bonds. The van der Waals surface area contributed by atoms with Gasteiger partial charge < -0.3 is 24.3 Å². The van der Waals surface area contributed by atoms with Gasteiger partial charge in [0.25, 0.3) is 5.22 Å². The summed E-state index contributed by atoms with van der Waals surface area (Å²) in [5.74, 6) is 0.831. The zero-order valence-electron chi connectivity index (χ0n) is 37.4. The number of hydrogen-bond acceptors (Lipinski definition) is 9. The van der Waals surface area contributed by atoms with E-state index in [1.165, 1.54) is 11.8 Å². The molecular formula is C56H51N3O7S2. The van der Waals surface area contributed by atoms with Crippen LogP contribution in [0.2, 0.25) is 0 Å². The SMILES string of the molecule is Cc1ccc(S(=O)(=O)NC(Cc2ccccc2)C(=O)NCc2cccc(-c3cccc(C4OC(CSc5nc(-c6ccccc6)c(-c6ccccc6)o5)CC(c5ccc(CO)cc5)O4)c3)c2)cc1. The van der Waals surface area contributed by atoms with Crippen molar-refractivity contribution in [2.24, 2.45) is 0 Å². The maximum atomic E-state index is 13.8. The molecule has 8 aromatic rings. The van der Waals surface area contributed by atoms with Crippen LogP contribution < -0.4 is 10.0 Å². The lowest BCUT2D eigenvalue weighted by Gasteiger charge is -2.36.